The molecule has 1 aromatic heterocycles. The zero-order valence-corrected chi connectivity index (χ0v) is 8.43. The van der Waals surface area contributed by atoms with Crippen LogP contribution in [-0.2, 0) is 6.18 Å². The molecule has 0 fully saturated rings. The average molecular weight is 233 g/mol. The van der Waals surface area contributed by atoms with E-state index in [9.17, 15) is 13.2 Å². The molecule has 80 valence electrons. The number of thioether (sulfide) groups is 1. The number of halogens is 3. The highest BCUT2D eigenvalue weighted by molar-refractivity contribution is 7.99. The first kappa shape index (κ1) is 11.8. The fourth-order valence-corrected chi connectivity index (χ4v) is 1.38. The molecule has 3 nitrogen and oxygen atoms in total. The lowest BCUT2D eigenvalue weighted by Gasteiger charge is -2.06. The lowest BCUT2D eigenvalue weighted by atomic mass is 10.4. The van der Waals surface area contributed by atoms with Crippen molar-refractivity contribution in [2.45, 2.75) is 23.5 Å². The quantitative estimate of drug-likeness (QED) is 0.581. The molecule has 0 radical (unpaired) electrons. The molecule has 0 aliphatic rings. The van der Waals surface area contributed by atoms with Gasteiger partial charge >= 0.3 is 6.18 Å². The topological polar surface area (TPSA) is 49.6 Å². The van der Waals surface area contributed by atoms with Crippen molar-refractivity contribution < 1.29 is 13.2 Å². The molecule has 1 heterocycles. The van der Waals surface area contributed by atoms with E-state index in [0.717, 1.165) is 24.0 Å². The minimum atomic E-state index is -4.48. The average Bonchev–Trinajstić information content (AvgIpc) is 2.17. The Hall–Kier alpha value is -1.29. The van der Waals surface area contributed by atoms with Gasteiger partial charge in [0.05, 0.1) is 11.3 Å². The largest absolute Gasteiger partial charge is 0.433 e. The highest BCUT2D eigenvalue weighted by Crippen LogP contribution is 2.28. The molecule has 0 saturated carbocycles. The Morgan fingerprint density at radius 3 is 2.73 bits per heavy atom. The number of alkyl halides is 3. The molecule has 0 aliphatic carbocycles. The molecule has 0 aromatic carbocycles. The highest BCUT2D eigenvalue weighted by Gasteiger charge is 2.32. The molecule has 1 atom stereocenters. The highest BCUT2D eigenvalue weighted by atomic mass is 32.2. The summed E-state index contributed by atoms with van der Waals surface area (Å²) in [5, 5.41) is 7.96. The standard InChI is InChI=1S/C8H6F3N3S/c1-5(4-12)15-7-13-3-2-6(14-7)8(9,10)11/h2-3,5H,1H3. The first-order chi connectivity index (χ1) is 6.93. The van der Waals surface area contributed by atoms with Crippen molar-refractivity contribution in [1.29, 1.82) is 5.26 Å². The molecule has 0 spiro atoms. The summed E-state index contributed by atoms with van der Waals surface area (Å²) in [6.45, 7) is 1.56. The Bertz CT molecular complexity index is 385. The second kappa shape index (κ2) is 4.49. The lowest BCUT2D eigenvalue weighted by Crippen LogP contribution is -2.09. The summed E-state index contributed by atoms with van der Waals surface area (Å²) < 4.78 is 36.7. The van der Waals surface area contributed by atoms with E-state index in [4.69, 9.17) is 5.26 Å². The number of hydrogen-bond donors (Lipinski definition) is 0. The van der Waals surface area contributed by atoms with E-state index in [2.05, 4.69) is 9.97 Å². The van der Waals surface area contributed by atoms with Crippen molar-refractivity contribution in [3.05, 3.63) is 18.0 Å². The van der Waals surface area contributed by atoms with Gasteiger partial charge in [-0.2, -0.15) is 18.4 Å². The predicted molar refractivity (Wildman–Crippen MR) is 48.0 cm³/mol. The Morgan fingerprint density at radius 2 is 2.20 bits per heavy atom. The zero-order chi connectivity index (χ0) is 11.5. The van der Waals surface area contributed by atoms with Crippen LogP contribution in [-0.4, -0.2) is 15.2 Å². The lowest BCUT2D eigenvalue weighted by molar-refractivity contribution is -0.141. The van der Waals surface area contributed by atoms with Gasteiger partial charge in [0.15, 0.2) is 5.16 Å². The second-order valence-corrected chi connectivity index (χ2v) is 3.92. The molecule has 0 bridgehead atoms. The minimum absolute atomic E-state index is 0.0427. The monoisotopic (exact) mass is 233 g/mol. The van der Waals surface area contributed by atoms with Gasteiger partial charge in [0.25, 0.3) is 0 Å². The molecule has 7 heteroatoms. The van der Waals surface area contributed by atoms with Crippen molar-refractivity contribution >= 4 is 11.8 Å². The van der Waals surface area contributed by atoms with Crippen molar-refractivity contribution in [3.63, 3.8) is 0 Å². The minimum Gasteiger partial charge on any atom is -0.231 e. The molecular weight excluding hydrogens is 227 g/mol. The molecule has 0 aliphatic heterocycles. The van der Waals surface area contributed by atoms with Gasteiger partial charge in [-0.05, 0) is 13.0 Å². The van der Waals surface area contributed by atoms with E-state index in [1.54, 1.807) is 6.92 Å². The Morgan fingerprint density at radius 1 is 1.53 bits per heavy atom. The number of hydrogen-bond acceptors (Lipinski definition) is 4. The first-order valence-electron chi connectivity index (χ1n) is 3.90. The van der Waals surface area contributed by atoms with E-state index in [0.29, 0.717) is 0 Å². The maximum absolute atomic E-state index is 12.2. The molecule has 0 amide bonds. The molecule has 1 unspecified atom stereocenters. The number of nitrogens with zero attached hydrogens (tertiary/aromatic N) is 3. The molecular formula is C8H6F3N3S. The number of nitriles is 1. The fourth-order valence-electron chi connectivity index (χ4n) is 0.740. The van der Waals surface area contributed by atoms with Crippen LogP contribution in [0, 0.1) is 11.3 Å². The van der Waals surface area contributed by atoms with E-state index >= 15 is 0 Å². The second-order valence-electron chi connectivity index (χ2n) is 2.61. The molecule has 0 N–H and O–H groups in total. The van der Waals surface area contributed by atoms with E-state index in [1.807, 2.05) is 6.07 Å². The van der Waals surface area contributed by atoms with E-state index in [1.165, 1.54) is 0 Å². The van der Waals surface area contributed by atoms with E-state index < -0.39 is 17.1 Å². The van der Waals surface area contributed by atoms with Crippen LogP contribution >= 0.6 is 11.8 Å². The summed E-state index contributed by atoms with van der Waals surface area (Å²) >= 11 is 0.891. The maximum atomic E-state index is 12.2. The van der Waals surface area contributed by atoms with Crippen LogP contribution in [0.1, 0.15) is 12.6 Å². The van der Waals surface area contributed by atoms with Crippen LogP contribution in [0.2, 0.25) is 0 Å². The summed E-state index contributed by atoms with van der Waals surface area (Å²) in [6, 6.07) is 2.67. The summed E-state index contributed by atoms with van der Waals surface area (Å²) in [4.78, 5) is 6.95. The summed E-state index contributed by atoms with van der Waals surface area (Å²) in [6.07, 6.45) is -3.45. The van der Waals surface area contributed by atoms with Crippen LogP contribution in [0.25, 0.3) is 0 Å². The van der Waals surface area contributed by atoms with Crippen LogP contribution in [0.3, 0.4) is 0 Å². The first-order valence-corrected chi connectivity index (χ1v) is 4.78. The van der Waals surface area contributed by atoms with Crippen LogP contribution < -0.4 is 0 Å². The van der Waals surface area contributed by atoms with Gasteiger partial charge in [-0.3, -0.25) is 0 Å². The van der Waals surface area contributed by atoms with Crippen LogP contribution in [0.5, 0.6) is 0 Å². The molecule has 1 aromatic rings. The maximum Gasteiger partial charge on any atom is 0.433 e. The Labute approximate surface area is 88.3 Å². The van der Waals surface area contributed by atoms with Crippen molar-refractivity contribution in [3.8, 4) is 6.07 Å². The summed E-state index contributed by atoms with van der Waals surface area (Å²) in [5.74, 6) is 0. The van der Waals surface area contributed by atoms with Crippen LogP contribution in [0.4, 0.5) is 13.2 Å². The van der Waals surface area contributed by atoms with Gasteiger partial charge < -0.3 is 0 Å². The van der Waals surface area contributed by atoms with Crippen LogP contribution in [0.15, 0.2) is 17.4 Å². The number of aromatic nitrogens is 2. The van der Waals surface area contributed by atoms with Gasteiger partial charge in [0.2, 0.25) is 0 Å². The van der Waals surface area contributed by atoms with Crippen molar-refractivity contribution in [1.82, 2.24) is 9.97 Å². The molecule has 15 heavy (non-hydrogen) atoms. The Balaban J connectivity index is 2.90. The van der Waals surface area contributed by atoms with E-state index in [-0.39, 0.29) is 5.16 Å². The van der Waals surface area contributed by atoms with Gasteiger partial charge in [-0.15, -0.1) is 0 Å². The normalized spacial score (nSPS) is 13.3. The molecule has 1 rings (SSSR count). The third-order valence-electron chi connectivity index (χ3n) is 1.39. The zero-order valence-electron chi connectivity index (χ0n) is 7.62. The Kier molecular flexibility index (Phi) is 3.52. The fraction of sp³-hybridized carbons (Fsp3) is 0.375. The van der Waals surface area contributed by atoms with Gasteiger partial charge in [0, 0.05) is 6.20 Å². The summed E-state index contributed by atoms with van der Waals surface area (Å²) in [7, 11) is 0. The molecule has 0 saturated heterocycles. The van der Waals surface area contributed by atoms with Gasteiger partial charge in [0.1, 0.15) is 5.69 Å². The summed E-state index contributed by atoms with van der Waals surface area (Å²) in [5.41, 5.74) is -0.995. The van der Waals surface area contributed by atoms with Crippen molar-refractivity contribution in [2.24, 2.45) is 0 Å². The predicted octanol–water partition coefficient (Wildman–Crippen LogP) is 2.50. The SMILES string of the molecule is CC(C#N)Sc1nccc(C(F)(F)F)n1. The third kappa shape index (κ3) is 3.40. The van der Waals surface area contributed by atoms with Crippen molar-refractivity contribution in [2.75, 3.05) is 0 Å². The number of rotatable bonds is 2. The van der Waals surface area contributed by atoms with Gasteiger partial charge in [-0.25, -0.2) is 9.97 Å². The third-order valence-corrected chi connectivity index (χ3v) is 2.25. The smallest absolute Gasteiger partial charge is 0.231 e. The van der Waals surface area contributed by atoms with Gasteiger partial charge in [-0.1, -0.05) is 11.8 Å².